The number of rotatable bonds is 7. The van der Waals surface area contributed by atoms with Gasteiger partial charge in [0.05, 0.1) is 24.7 Å². The summed E-state index contributed by atoms with van der Waals surface area (Å²) >= 11 is 0. The Kier molecular flexibility index (Phi) is 13.2. The number of aliphatic carboxylic acids is 2. The van der Waals surface area contributed by atoms with Gasteiger partial charge < -0.3 is 30.1 Å². The number of hydrogen-bond acceptors (Lipinski definition) is 7. The number of hydrogen-bond donors (Lipinski definition) is 4. The molecule has 1 fully saturated rings. The third-order valence-electron chi connectivity index (χ3n) is 6.21. The van der Waals surface area contributed by atoms with Crippen molar-refractivity contribution in [3.05, 3.63) is 60.4 Å². The molecule has 0 aliphatic carbocycles. The number of alkyl halides is 6. The zero-order valence-electron chi connectivity index (χ0n) is 24.1. The van der Waals surface area contributed by atoms with Crippen LogP contribution in [-0.2, 0) is 20.8 Å². The molecule has 0 bridgehead atoms. The van der Waals surface area contributed by atoms with E-state index in [2.05, 4.69) is 38.4 Å². The van der Waals surface area contributed by atoms with Crippen LogP contribution >= 0.6 is 0 Å². The Morgan fingerprint density at radius 1 is 0.933 bits per heavy atom. The van der Waals surface area contributed by atoms with E-state index >= 15 is 0 Å². The van der Waals surface area contributed by atoms with Crippen molar-refractivity contribution in [3.8, 4) is 16.9 Å². The molecule has 0 radical (unpaired) electrons. The van der Waals surface area contributed by atoms with Crippen LogP contribution in [0.4, 0.5) is 37.7 Å². The van der Waals surface area contributed by atoms with Crippen LogP contribution in [-0.4, -0.2) is 95.8 Å². The lowest BCUT2D eigenvalue weighted by Gasteiger charge is -2.35. The summed E-state index contributed by atoms with van der Waals surface area (Å²) in [5, 5.41) is 24.3. The number of nitrogens with zero attached hydrogens (tertiary/aromatic N) is 3. The smallest absolute Gasteiger partial charge is 0.490 e. The lowest BCUT2D eigenvalue weighted by molar-refractivity contribution is -0.193. The van der Waals surface area contributed by atoms with Gasteiger partial charge in [-0.25, -0.2) is 9.59 Å². The highest BCUT2D eigenvalue weighted by molar-refractivity contribution is 5.95. The number of piperazine rings is 1. The van der Waals surface area contributed by atoms with Crippen molar-refractivity contribution in [2.24, 2.45) is 0 Å². The number of aromatic amines is 1. The van der Waals surface area contributed by atoms with Crippen molar-refractivity contribution >= 4 is 29.2 Å². The highest BCUT2D eigenvalue weighted by atomic mass is 19.4. The minimum Gasteiger partial charge on any atom is -0.497 e. The fraction of sp³-hybridized carbons (Fsp3) is 0.357. The van der Waals surface area contributed by atoms with Crippen LogP contribution in [0.25, 0.3) is 11.1 Å². The Balaban J connectivity index is 0.000000421. The van der Waals surface area contributed by atoms with E-state index in [1.54, 1.807) is 7.11 Å². The molecule has 0 unspecified atom stereocenters. The van der Waals surface area contributed by atoms with Crippen LogP contribution < -0.4 is 15.0 Å². The number of halogens is 6. The van der Waals surface area contributed by atoms with Crippen LogP contribution in [0.2, 0.25) is 0 Å². The maximum atomic E-state index is 12.8. The average molecular weight is 648 g/mol. The normalized spacial score (nSPS) is 13.5. The molecular formula is C28H31F6N5O6. The Morgan fingerprint density at radius 3 is 2.04 bits per heavy atom. The number of amides is 1. The topological polar surface area (TPSA) is 148 Å². The largest absolute Gasteiger partial charge is 0.497 e. The van der Waals surface area contributed by atoms with Gasteiger partial charge in [0.15, 0.2) is 0 Å². The zero-order valence-corrected chi connectivity index (χ0v) is 24.1. The van der Waals surface area contributed by atoms with Gasteiger partial charge in [-0.3, -0.25) is 9.89 Å². The fourth-order valence-electron chi connectivity index (χ4n) is 3.83. The number of aromatic nitrogens is 2. The van der Waals surface area contributed by atoms with Crippen LogP contribution in [0, 0.1) is 0 Å². The molecule has 3 aromatic rings. The maximum absolute atomic E-state index is 12.8. The zero-order chi connectivity index (χ0) is 33.8. The van der Waals surface area contributed by atoms with Crippen molar-refractivity contribution < 1.29 is 55.7 Å². The Hall–Kier alpha value is -4.80. The van der Waals surface area contributed by atoms with Crippen molar-refractivity contribution in [1.82, 2.24) is 15.1 Å². The van der Waals surface area contributed by atoms with Gasteiger partial charge in [0.25, 0.3) is 0 Å². The maximum Gasteiger partial charge on any atom is 0.490 e. The van der Waals surface area contributed by atoms with Crippen LogP contribution in [0.5, 0.6) is 5.75 Å². The summed E-state index contributed by atoms with van der Waals surface area (Å²) in [6.07, 6.45) is -5.39. The number of aryl methyl sites for hydroxylation is 1. The first-order valence-corrected chi connectivity index (χ1v) is 13.1. The summed E-state index contributed by atoms with van der Waals surface area (Å²) in [4.78, 5) is 35.2. The Bertz CT molecular complexity index is 1380. The number of benzene rings is 2. The first-order chi connectivity index (χ1) is 21.0. The van der Waals surface area contributed by atoms with Crippen molar-refractivity contribution in [2.75, 3.05) is 50.6 Å². The highest BCUT2D eigenvalue weighted by Crippen LogP contribution is 2.32. The van der Waals surface area contributed by atoms with Gasteiger partial charge in [0.1, 0.15) is 5.75 Å². The van der Waals surface area contributed by atoms with E-state index in [0.717, 1.165) is 60.0 Å². The molecule has 1 aliphatic heterocycles. The van der Waals surface area contributed by atoms with E-state index in [1.807, 2.05) is 48.8 Å². The summed E-state index contributed by atoms with van der Waals surface area (Å²) in [7, 11) is 3.79. The molecule has 1 aliphatic rings. The van der Waals surface area contributed by atoms with Gasteiger partial charge in [-0.2, -0.15) is 31.4 Å². The molecule has 4 N–H and O–H groups in total. The van der Waals surface area contributed by atoms with Crippen molar-refractivity contribution in [3.63, 3.8) is 0 Å². The second-order valence-corrected chi connectivity index (χ2v) is 9.51. The number of methoxy groups -OCH3 is 1. The minimum atomic E-state index is -5.08. The van der Waals surface area contributed by atoms with Crippen LogP contribution in [0.3, 0.4) is 0 Å². The molecule has 17 heteroatoms. The van der Waals surface area contributed by atoms with Crippen molar-refractivity contribution in [1.29, 1.82) is 0 Å². The minimum absolute atomic E-state index is 0.00857. The molecule has 0 spiro atoms. The number of carbonyl (C=O) groups excluding carboxylic acids is 1. The third-order valence-corrected chi connectivity index (χ3v) is 6.21. The Labute approximate surface area is 253 Å². The molecular weight excluding hydrogens is 616 g/mol. The lowest BCUT2D eigenvalue weighted by Crippen LogP contribution is -2.44. The quantitative estimate of drug-likeness (QED) is 0.269. The first kappa shape index (κ1) is 36.4. The highest BCUT2D eigenvalue weighted by Gasteiger charge is 2.38. The molecule has 45 heavy (non-hydrogen) atoms. The number of carbonyl (C=O) groups is 3. The molecule has 4 rings (SSSR count). The van der Waals surface area contributed by atoms with E-state index in [1.165, 1.54) is 0 Å². The summed E-state index contributed by atoms with van der Waals surface area (Å²) < 4.78 is 68.7. The lowest BCUT2D eigenvalue weighted by atomic mass is 10.1. The fourth-order valence-corrected chi connectivity index (χ4v) is 3.83. The van der Waals surface area contributed by atoms with E-state index in [0.29, 0.717) is 12.8 Å². The SMILES string of the molecule is COc1cccc(CCC(=O)Nc2ccc(-c3cn[nH]c3)cc2N2CCN(C)CC2)c1.O=C(O)C(F)(F)F.O=C(O)C(F)(F)F. The molecule has 1 saturated heterocycles. The van der Waals surface area contributed by atoms with Gasteiger partial charge in [0, 0.05) is 44.4 Å². The molecule has 2 heterocycles. The van der Waals surface area contributed by atoms with E-state index in [-0.39, 0.29) is 5.91 Å². The third kappa shape index (κ3) is 12.4. The molecule has 0 saturated carbocycles. The van der Waals surface area contributed by atoms with E-state index in [9.17, 15) is 31.1 Å². The predicted molar refractivity (Wildman–Crippen MR) is 151 cm³/mol. The van der Waals surface area contributed by atoms with Gasteiger partial charge in [-0.1, -0.05) is 18.2 Å². The van der Waals surface area contributed by atoms with Crippen LogP contribution in [0.15, 0.2) is 54.9 Å². The van der Waals surface area contributed by atoms with E-state index < -0.39 is 24.3 Å². The summed E-state index contributed by atoms with van der Waals surface area (Å²) in [5.74, 6) is -4.70. The predicted octanol–water partition coefficient (Wildman–Crippen LogP) is 4.68. The molecule has 1 amide bonds. The number of nitrogens with one attached hydrogen (secondary N) is 2. The van der Waals surface area contributed by atoms with E-state index in [4.69, 9.17) is 24.5 Å². The number of carboxylic acids is 2. The molecule has 0 atom stereocenters. The Morgan fingerprint density at radius 2 is 1.53 bits per heavy atom. The van der Waals surface area contributed by atoms with Gasteiger partial charge in [-0.15, -0.1) is 0 Å². The summed E-state index contributed by atoms with van der Waals surface area (Å²) in [6, 6.07) is 14.0. The average Bonchev–Trinajstić information content (AvgIpc) is 3.52. The van der Waals surface area contributed by atoms with Gasteiger partial charge >= 0.3 is 24.3 Å². The first-order valence-electron chi connectivity index (χ1n) is 13.1. The number of carboxylic acid groups (broad SMARTS) is 2. The monoisotopic (exact) mass is 647 g/mol. The molecule has 1 aromatic heterocycles. The number of H-pyrrole nitrogens is 1. The van der Waals surface area contributed by atoms with Gasteiger partial charge in [-0.05, 0) is 48.9 Å². The summed E-state index contributed by atoms with van der Waals surface area (Å²) in [6.45, 7) is 3.86. The number of likely N-dealkylation sites (N-methyl/N-ethyl adjacent to an activating group) is 1. The molecule has 2 aromatic carbocycles. The van der Waals surface area contributed by atoms with Crippen LogP contribution in [0.1, 0.15) is 12.0 Å². The van der Waals surface area contributed by atoms with Gasteiger partial charge in [0.2, 0.25) is 5.91 Å². The second-order valence-electron chi connectivity index (χ2n) is 9.51. The second kappa shape index (κ2) is 16.3. The standard InChI is InChI=1S/C24H29N5O2.2C2HF3O2/c1-28-10-12-29(13-11-28)23-15-19(20-16-25-26-17-20)7-8-22(23)27-24(30)9-6-18-4-3-5-21(14-18)31-2;2*3-2(4,5)1(6)7/h3-5,7-8,14-17H,6,9-13H2,1-2H3,(H,25,26)(H,27,30);2*(H,6,7). The summed E-state index contributed by atoms with van der Waals surface area (Å²) in [5.41, 5.74) is 5.11. The van der Waals surface area contributed by atoms with Crippen molar-refractivity contribution in [2.45, 2.75) is 25.2 Å². The number of ether oxygens (including phenoxy) is 1. The molecule has 246 valence electrons. The number of anilines is 2. The molecule has 11 nitrogen and oxygen atoms in total.